The normalized spacial score (nSPS) is 10.6. The quantitative estimate of drug-likeness (QED) is 0.614. The number of nitrogens with two attached hydrogens (primary N) is 1. The molecular formula is C10H15N7O2. The summed E-state index contributed by atoms with van der Waals surface area (Å²) in [5, 5.41) is 10.6. The van der Waals surface area contributed by atoms with Gasteiger partial charge in [0, 0.05) is 27.1 Å². The van der Waals surface area contributed by atoms with E-state index in [1.54, 1.807) is 10.9 Å². The highest BCUT2D eigenvalue weighted by atomic mass is 16.2. The molecule has 2 aromatic heterocycles. The van der Waals surface area contributed by atoms with E-state index in [1.807, 2.05) is 7.05 Å². The standard InChI is InChI=1S/C10H15N7O2/c1-16-5-13-15-6(16)3-4-12-7-8(11)17(2)10(19)14-9(7)18/h5,12H,3-4,11H2,1-2H3,(H,14,18,19). The number of aromatic nitrogens is 5. The lowest BCUT2D eigenvalue weighted by Crippen LogP contribution is -2.32. The summed E-state index contributed by atoms with van der Waals surface area (Å²) in [4.78, 5) is 25.1. The maximum absolute atomic E-state index is 11.6. The summed E-state index contributed by atoms with van der Waals surface area (Å²) in [6.07, 6.45) is 2.18. The molecule has 0 amide bonds. The van der Waals surface area contributed by atoms with Crippen LogP contribution in [-0.2, 0) is 20.5 Å². The number of rotatable bonds is 4. The second-order valence-electron chi connectivity index (χ2n) is 4.11. The van der Waals surface area contributed by atoms with Gasteiger partial charge in [0.25, 0.3) is 5.56 Å². The van der Waals surface area contributed by atoms with Gasteiger partial charge in [0.1, 0.15) is 23.7 Å². The number of nitrogens with zero attached hydrogens (tertiary/aromatic N) is 4. The van der Waals surface area contributed by atoms with E-state index in [0.717, 1.165) is 5.82 Å². The summed E-state index contributed by atoms with van der Waals surface area (Å²) >= 11 is 0. The molecule has 0 atom stereocenters. The molecule has 102 valence electrons. The summed E-state index contributed by atoms with van der Waals surface area (Å²) in [5.41, 5.74) is 4.84. The molecule has 0 bridgehead atoms. The van der Waals surface area contributed by atoms with E-state index in [4.69, 9.17) is 5.73 Å². The van der Waals surface area contributed by atoms with E-state index in [0.29, 0.717) is 13.0 Å². The van der Waals surface area contributed by atoms with Crippen LogP contribution in [0.5, 0.6) is 0 Å². The second kappa shape index (κ2) is 4.96. The van der Waals surface area contributed by atoms with Gasteiger partial charge in [-0.3, -0.25) is 14.3 Å². The monoisotopic (exact) mass is 265 g/mol. The Balaban J connectivity index is 2.13. The van der Waals surface area contributed by atoms with Crippen molar-refractivity contribution in [2.45, 2.75) is 6.42 Å². The van der Waals surface area contributed by atoms with Crippen molar-refractivity contribution in [2.24, 2.45) is 14.1 Å². The van der Waals surface area contributed by atoms with Crippen LogP contribution < -0.4 is 22.3 Å². The van der Waals surface area contributed by atoms with E-state index >= 15 is 0 Å². The minimum Gasteiger partial charge on any atom is -0.383 e. The van der Waals surface area contributed by atoms with Crippen LogP contribution in [-0.4, -0.2) is 30.9 Å². The molecule has 9 heteroatoms. The van der Waals surface area contributed by atoms with Gasteiger partial charge in [-0.15, -0.1) is 10.2 Å². The lowest BCUT2D eigenvalue weighted by molar-refractivity contribution is 0.782. The van der Waals surface area contributed by atoms with Crippen LogP contribution >= 0.6 is 0 Å². The maximum atomic E-state index is 11.6. The van der Waals surface area contributed by atoms with E-state index in [-0.39, 0.29) is 11.5 Å². The molecule has 0 aliphatic carbocycles. The Bertz CT molecular complexity index is 697. The third-order valence-electron chi connectivity index (χ3n) is 2.83. The van der Waals surface area contributed by atoms with Gasteiger partial charge in [-0.2, -0.15) is 0 Å². The first-order chi connectivity index (χ1) is 9.00. The average molecular weight is 265 g/mol. The number of H-pyrrole nitrogens is 1. The van der Waals surface area contributed by atoms with E-state index in [9.17, 15) is 9.59 Å². The molecule has 0 saturated carbocycles. The largest absolute Gasteiger partial charge is 0.383 e. The van der Waals surface area contributed by atoms with Gasteiger partial charge in [0.05, 0.1) is 0 Å². The van der Waals surface area contributed by atoms with Gasteiger partial charge < -0.3 is 15.6 Å². The average Bonchev–Trinajstić information content (AvgIpc) is 2.77. The summed E-state index contributed by atoms with van der Waals surface area (Å²) in [6.45, 7) is 0.456. The van der Waals surface area contributed by atoms with Crippen molar-refractivity contribution in [2.75, 3.05) is 17.6 Å². The zero-order valence-corrected chi connectivity index (χ0v) is 10.7. The van der Waals surface area contributed by atoms with E-state index < -0.39 is 11.2 Å². The third-order valence-corrected chi connectivity index (χ3v) is 2.83. The fraction of sp³-hybridized carbons (Fsp3) is 0.400. The molecule has 0 saturated heterocycles. The first kappa shape index (κ1) is 12.9. The van der Waals surface area contributed by atoms with Crippen molar-refractivity contribution < 1.29 is 0 Å². The maximum Gasteiger partial charge on any atom is 0.329 e. The minimum absolute atomic E-state index is 0.103. The van der Waals surface area contributed by atoms with Gasteiger partial charge in [-0.05, 0) is 0 Å². The Morgan fingerprint density at radius 2 is 2.16 bits per heavy atom. The highest BCUT2D eigenvalue weighted by Crippen LogP contribution is 2.08. The zero-order chi connectivity index (χ0) is 14.0. The first-order valence-corrected chi connectivity index (χ1v) is 5.66. The van der Waals surface area contributed by atoms with Crippen LogP contribution in [0.4, 0.5) is 11.5 Å². The fourth-order valence-corrected chi connectivity index (χ4v) is 1.64. The number of hydrogen-bond donors (Lipinski definition) is 3. The van der Waals surface area contributed by atoms with Crippen molar-refractivity contribution in [1.29, 1.82) is 0 Å². The van der Waals surface area contributed by atoms with Gasteiger partial charge >= 0.3 is 5.69 Å². The molecule has 2 aromatic rings. The molecule has 0 radical (unpaired) electrons. The number of nitrogen functional groups attached to an aromatic ring is 1. The molecule has 0 aliphatic rings. The zero-order valence-electron chi connectivity index (χ0n) is 10.7. The van der Waals surface area contributed by atoms with Crippen LogP contribution in [0.3, 0.4) is 0 Å². The van der Waals surface area contributed by atoms with Crippen LogP contribution in [0.2, 0.25) is 0 Å². The molecule has 0 spiro atoms. The molecule has 0 aliphatic heterocycles. The van der Waals surface area contributed by atoms with Crippen molar-refractivity contribution in [3.05, 3.63) is 33.0 Å². The smallest absolute Gasteiger partial charge is 0.329 e. The van der Waals surface area contributed by atoms with Gasteiger partial charge in [0.15, 0.2) is 0 Å². The number of aryl methyl sites for hydroxylation is 1. The molecular weight excluding hydrogens is 250 g/mol. The van der Waals surface area contributed by atoms with Crippen LogP contribution in [0.25, 0.3) is 0 Å². The highest BCUT2D eigenvalue weighted by molar-refractivity contribution is 5.60. The summed E-state index contributed by atoms with van der Waals surface area (Å²) in [6, 6.07) is 0. The summed E-state index contributed by atoms with van der Waals surface area (Å²) in [5.74, 6) is 0.888. The van der Waals surface area contributed by atoms with Crippen molar-refractivity contribution in [1.82, 2.24) is 24.3 Å². The Morgan fingerprint density at radius 3 is 2.79 bits per heavy atom. The molecule has 4 N–H and O–H groups in total. The molecule has 9 nitrogen and oxygen atoms in total. The molecule has 2 rings (SSSR count). The van der Waals surface area contributed by atoms with E-state index in [1.165, 1.54) is 11.6 Å². The Morgan fingerprint density at radius 1 is 1.42 bits per heavy atom. The minimum atomic E-state index is -0.540. The van der Waals surface area contributed by atoms with Crippen LogP contribution in [0.15, 0.2) is 15.9 Å². The highest BCUT2D eigenvalue weighted by Gasteiger charge is 2.09. The molecule has 19 heavy (non-hydrogen) atoms. The van der Waals surface area contributed by atoms with Gasteiger partial charge in [0.2, 0.25) is 0 Å². The number of nitrogens with one attached hydrogen (secondary N) is 2. The van der Waals surface area contributed by atoms with Crippen LogP contribution in [0.1, 0.15) is 5.82 Å². The molecule has 0 fully saturated rings. The fourth-order valence-electron chi connectivity index (χ4n) is 1.64. The third kappa shape index (κ3) is 2.49. The lowest BCUT2D eigenvalue weighted by atomic mass is 10.3. The number of anilines is 2. The topological polar surface area (TPSA) is 124 Å². The predicted molar refractivity (Wildman–Crippen MR) is 69.9 cm³/mol. The Hall–Kier alpha value is -2.58. The summed E-state index contributed by atoms with van der Waals surface area (Å²) in [7, 11) is 3.32. The predicted octanol–water partition coefficient (Wildman–Crippen LogP) is -1.56. The lowest BCUT2D eigenvalue weighted by Gasteiger charge is -2.10. The van der Waals surface area contributed by atoms with Crippen molar-refractivity contribution >= 4 is 11.5 Å². The SMILES string of the molecule is Cn1cnnc1CCNc1c(N)n(C)c(=O)[nH]c1=O. The Kier molecular flexibility index (Phi) is 3.36. The molecule has 0 unspecified atom stereocenters. The molecule has 0 aromatic carbocycles. The van der Waals surface area contributed by atoms with Gasteiger partial charge in [-0.1, -0.05) is 0 Å². The number of hydrogen-bond acceptors (Lipinski definition) is 6. The molecule has 2 heterocycles. The second-order valence-corrected chi connectivity index (χ2v) is 4.11. The van der Waals surface area contributed by atoms with E-state index in [2.05, 4.69) is 20.5 Å². The van der Waals surface area contributed by atoms with Crippen molar-refractivity contribution in [3.63, 3.8) is 0 Å². The Labute approximate surface area is 108 Å². The van der Waals surface area contributed by atoms with Crippen molar-refractivity contribution in [3.8, 4) is 0 Å². The van der Waals surface area contributed by atoms with Crippen LogP contribution in [0, 0.1) is 0 Å². The van der Waals surface area contributed by atoms with Gasteiger partial charge in [-0.25, -0.2) is 4.79 Å². The number of aromatic amines is 1. The first-order valence-electron chi connectivity index (χ1n) is 5.66. The summed E-state index contributed by atoms with van der Waals surface area (Å²) < 4.78 is 2.96.